The Balaban J connectivity index is 1.59. The third kappa shape index (κ3) is 2.48. The molecule has 5 nitrogen and oxygen atoms in total. The van der Waals surface area contributed by atoms with Gasteiger partial charge in [0.25, 0.3) is 5.56 Å². The van der Waals surface area contributed by atoms with Crippen LogP contribution in [0.3, 0.4) is 0 Å². The lowest BCUT2D eigenvalue weighted by atomic mass is 10.1. The van der Waals surface area contributed by atoms with Gasteiger partial charge >= 0.3 is 5.97 Å². The molecule has 3 aromatic carbocycles. The number of esters is 1. The van der Waals surface area contributed by atoms with Crippen LogP contribution in [0.2, 0.25) is 0 Å². The van der Waals surface area contributed by atoms with Crippen LogP contribution in [0.1, 0.15) is 10.4 Å². The lowest BCUT2D eigenvalue weighted by Gasteiger charge is -2.10. The maximum Gasteiger partial charge on any atom is 0.344 e. The molecule has 0 radical (unpaired) electrons. The molecule has 0 N–H and O–H groups in total. The normalized spacial score (nSPS) is 11.3. The summed E-state index contributed by atoms with van der Waals surface area (Å²) in [6, 6.07) is 21.5. The highest BCUT2D eigenvalue weighted by Crippen LogP contribution is 2.31. The van der Waals surface area contributed by atoms with Crippen molar-refractivity contribution < 1.29 is 13.9 Å². The van der Waals surface area contributed by atoms with Crippen LogP contribution in [0.5, 0.6) is 5.75 Å². The van der Waals surface area contributed by atoms with E-state index >= 15 is 0 Å². The molecule has 0 saturated heterocycles. The number of furan rings is 1. The van der Waals surface area contributed by atoms with E-state index in [-0.39, 0.29) is 11.1 Å². The summed E-state index contributed by atoms with van der Waals surface area (Å²) < 4.78 is 12.9. The Hall–Kier alpha value is -3.86. The summed E-state index contributed by atoms with van der Waals surface area (Å²) in [6.45, 7) is 0. The average molecular weight is 369 g/mol. The Labute approximate surface area is 159 Å². The Kier molecular flexibility index (Phi) is 3.55. The summed E-state index contributed by atoms with van der Waals surface area (Å²) in [5, 5.41) is 2.49. The lowest BCUT2D eigenvalue weighted by molar-refractivity contribution is 0.0737. The number of fused-ring (bicyclic) bond motifs is 4. The van der Waals surface area contributed by atoms with E-state index in [9.17, 15) is 9.59 Å². The first kappa shape index (κ1) is 16.3. The summed E-state index contributed by atoms with van der Waals surface area (Å²) >= 11 is 0. The van der Waals surface area contributed by atoms with Crippen LogP contribution in [-0.4, -0.2) is 10.5 Å². The maximum atomic E-state index is 12.8. The van der Waals surface area contributed by atoms with E-state index in [2.05, 4.69) is 0 Å². The second-order valence-corrected chi connectivity index (χ2v) is 6.62. The molecule has 0 spiro atoms. The zero-order chi connectivity index (χ0) is 19.3. The van der Waals surface area contributed by atoms with Gasteiger partial charge in [0.1, 0.15) is 16.9 Å². The number of rotatable bonds is 2. The standard InChI is InChI=1S/C23H15NO4/c1-24-19-8-4-2-6-15(19)18(13-22(24)25)23(26)27-14-10-11-21-17(12-14)16-7-3-5-9-20(16)28-21/h2-13H,1H3. The number of carbonyl (C=O) groups excluding carboxylic acids is 1. The number of benzene rings is 3. The van der Waals surface area contributed by atoms with Gasteiger partial charge in [0.15, 0.2) is 0 Å². The molecule has 0 aliphatic heterocycles. The number of aromatic nitrogens is 1. The van der Waals surface area contributed by atoms with Gasteiger partial charge in [-0.2, -0.15) is 0 Å². The number of hydrogen-bond donors (Lipinski definition) is 0. The first-order valence-corrected chi connectivity index (χ1v) is 8.84. The fourth-order valence-corrected chi connectivity index (χ4v) is 3.51. The second kappa shape index (κ2) is 6.09. The smallest absolute Gasteiger partial charge is 0.344 e. The highest BCUT2D eigenvalue weighted by molar-refractivity contribution is 6.07. The number of pyridine rings is 1. The quantitative estimate of drug-likeness (QED) is 0.335. The van der Waals surface area contributed by atoms with Crippen molar-refractivity contribution in [2.45, 2.75) is 0 Å². The number of para-hydroxylation sites is 2. The number of carbonyl (C=O) groups is 1. The fourth-order valence-electron chi connectivity index (χ4n) is 3.51. The number of nitrogens with zero attached hydrogens (tertiary/aromatic N) is 1. The first-order valence-electron chi connectivity index (χ1n) is 8.84. The van der Waals surface area contributed by atoms with Gasteiger partial charge in [0.2, 0.25) is 0 Å². The van der Waals surface area contributed by atoms with Crippen LogP contribution >= 0.6 is 0 Å². The van der Waals surface area contributed by atoms with Gasteiger partial charge in [0, 0.05) is 29.3 Å². The molecule has 0 fully saturated rings. The minimum absolute atomic E-state index is 0.246. The van der Waals surface area contributed by atoms with Crippen LogP contribution in [0, 0.1) is 0 Å². The van der Waals surface area contributed by atoms with Crippen molar-refractivity contribution >= 4 is 38.8 Å². The summed E-state index contributed by atoms with van der Waals surface area (Å²) in [5.74, 6) is -0.171. The van der Waals surface area contributed by atoms with Crippen LogP contribution in [-0.2, 0) is 7.05 Å². The van der Waals surface area contributed by atoms with Gasteiger partial charge in [-0.15, -0.1) is 0 Å². The Morgan fingerprint density at radius 3 is 2.43 bits per heavy atom. The number of aryl methyl sites for hydroxylation is 1. The first-order chi connectivity index (χ1) is 13.6. The van der Waals surface area contributed by atoms with E-state index < -0.39 is 5.97 Å². The highest BCUT2D eigenvalue weighted by atomic mass is 16.5. The molecule has 0 bridgehead atoms. The molecule has 0 aliphatic rings. The van der Waals surface area contributed by atoms with Crippen LogP contribution in [0.15, 0.2) is 82.0 Å². The van der Waals surface area contributed by atoms with E-state index in [0.29, 0.717) is 16.7 Å². The molecule has 5 rings (SSSR count). The summed E-state index contributed by atoms with van der Waals surface area (Å²) in [6.07, 6.45) is 0. The van der Waals surface area contributed by atoms with Crippen molar-refractivity contribution in [3.05, 3.63) is 88.7 Å². The van der Waals surface area contributed by atoms with Crippen molar-refractivity contribution in [3.8, 4) is 5.75 Å². The third-order valence-corrected chi connectivity index (χ3v) is 4.93. The third-order valence-electron chi connectivity index (χ3n) is 4.93. The summed E-state index contributed by atoms with van der Waals surface area (Å²) in [7, 11) is 1.68. The van der Waals surface area contributed by atoms with Gasteiger partial charge in [0.05, 0.1) is 11.1 Å². The van der Waals surface area contributed by atoms with Gasteiger partial charge in [-0.3, -0.25) is 4.79 Å². The summed E-state index contributed by atoms with van der Waals surface area (Å²) in [5.41, 5.74) is 2.16. The molecule has 0 amide bonds. The van der Waals surface area contributed by atoms with Crippen molar-refractivity contribution in [3.63, 3.8) is 0 Å². The maximum absolute atomic E-state index is 12.8. The monoisotopic (exact) mass is 369 g/mol. The van der Waals surface area contributed by atoms with Gasteiger partial charge in [-0.25, -0.2) is 4.79 Å². The minimum atomic E-state index is -0.568. The molecule has 2 aromatic heterocycles. The van der Waals surface area contributed by atoms with Gasteiger partial charge in [-0.05, 0) is 30.3 Å². The summed E-state index contributed by atoms with van der Waals surface area (Å²) in [4.78, 5) is 25.1. The molecule has 28 heavy (non-hydrogen) atoms. The molecule has 0 unspecified atom stereocenters. The van der Waals surface area contributed by atoms with Crippen LogP contribution in [0.25, 0.3) is 32.8 Å². The Bertz CT molecular complexity index is 1440. The Morgan fingerprint density at radius 1 is 0.857 bits per heavy atom. The van der Waals surface area contributed by atoms with E-state index in [1.165, 1.54) is 10.6 Å². The van der Waals surface area contributed by atoms with Gasteiger partial charge in [-0.1, -0.05) is 36.4 Å². The van der Waals surface area contributed by atoms with E-state index in [4.69, 9.17) is 9.15 Å². The zero-order valence-corrected chi connectivity index (χ0v) is 15.0. The average Bonchev–Trinajstić information content (AvgIpc) is 3.09. The molecular weight excluding hydrogens is 354 g/mol. The van der Waals surface area contributed by atoms with E-state index in [1.807, 2.05) is 36.4 Å². The highest BCUT2D eigenvalue weighted by Gasteiger charge is 2.16. The topological polar surface area (TPSA) is 61.4 Å². The molecule has 0 atom stereocenters. The number of hydrogen-bond acceptors (Lipinski definition) is 4. The molecule has 0 saturated carbocycles. The van der Waals surface area contributed by atoms with E-state index in [0.717, 1.165) is 21.9 Å². The molecular formula is C23H15NO4. The van der Waals surface area contributed by atoms with E-state index in [1.54, 1.807) is 37.4 Å². The molecule has 136 valence electrons. The lowest BCUT2D eigenvalue weighted by Crippen LogP contribution is -2.20. The van der Waals surface area contributed by atoms with Gasteiger partial charge < -0.3 is 13.7 Å². The zero-order valence-electron chi connectivity index (χ0n) is 15.0. The number of ether oxygens (including phenoxy) is 1. The minimum Gasteiger partial charge on any atom is -0.456 e. The largest absolute Gasteiger partial charge is 0.456 e. The second-order valence-electron chi connectivity index (χ2n) is 6.62. The van der Waals surface area contributed by atoms with Crippen LogP contribution in [0.4, 0.5) is 0 Å². The van der Waals surface area contributed by atoms with Crippen molar-refractivity contribution in [2.75, 3.05) is 0 Å². The molecule has 5 heteroatoms. The molecule has 0 aliphatic carbocycles. The molecule has 2 heterocycles. The van der Waals surface area contributed by atoms with Crippen molar-refractivity contribution in [1.82, 2.24) is 4.57 Å². The molecule has 5 aromatic rings. The van der Waals surface area contributed by atoms with Crippen molar-refractivity contribution in [1.29, 1.82) is 0 Å². The van der Waals surface area contributed by atoms with Crippen molar-refractivity contribution in [2.24, 2.45) is 7.05 Å². The SMILES string of the molecule is Cn1c(=O)cc(C(=O)Oc2ccc3oc4ccccc4c3c2)c2ccccc21. The Morgan fingerprint density at radius 2 is 1.57 bits per heavy atom. The predicted molar refractivity (Wildman–Crippen MR) is 108 cm³/mol. The predicted octanol–water partition coefficient (Wildman–Crippen LogP) is 4.66. The van der Waals surface area contributed by atoms with Crippen LogP contribution < -0.4 is 10.3 Å². The fraction of sp³-hybridized carbons (Fsp3) is 0.0435.